The summed E-state index contributed by atoms with van der Waals surface area (Å²) in [6.07, 6.45) is 5.14. The summed E-state index contributed by atoms with van der Waals surface area (Å²) in [5, 5.41) is 6.82. The minimum Gasteiger partial charge on any atom is -0.368 e. The topological polar surface area (TPSA) is 39.8 Å². The van der Waals surface area contributed by atoms with E-state index in [0.29, 0.717) is 0 Å². The number of rotatable bonds is 0. The number of hydrogen-bond donors (Lipinski definition) is 3. The van der Waals surface area contributed by atoms with Crippen molar-refractivity contribution in [2.75, 3.05) is 19.6 Å². The summed E-state index contributed by atoms with van der Waals surface area (Å²) in [6.45, 7) is 3.69. The molecule has 3 rings (SSSR count). The fourth-order valence-electron chi connectivity index (χ4n) is 2.01. The zero-order valence-electron chi connectivity index (χ0n) is 7.79. The summed E-state index contributed by atoms with van der Waals surface area (Å²) >= 11 is 0. The first kappa shape index (κ1) is 8.78. The summed E-state index contributed by atoms with van der Waals surface area (Å²) in [4.78, 5) is 2.86. The molecule has 0 aromatic carbocycles. The molecule has 0 saturated carbocycles. The Morgan fingerprint density at radius 3 is 2.54 bits per heavy atom. The lowest BCUT2D eigenvalue weighted by molar-refractivity contribution is 0.555. The van der Waals surface area contributed by atoms with Gasteiger partial charge in [-0.25, -0.2) is 0 Å². The number of fused-ring (bicyclic) bond motifs is 1. The zero-order chi connectivity index (χ0) is 8.93. The molecule has 3 nitrogen and oxygen atoms in total. The van der Waals surface area contributed by atoms with Gasteiger partial charge in [0.15, 0.2) is 0 Å². The molecular formula is C10H17N3. The van der Waals surface area contributed by atoms with Gasteiger partial charge in [0, 0.05) is 25.0 Å². The van der Waals surface area contributed by atoms with Crippen molar-refractivity contribution in [2.24, 2.45) is 5.92 Å². The van der Waals surface area contributed by atoms with E-state index in [-0.39, 0.29) is 0 Å². The van der Waals surface area contributed by atoms with Crippen LogP contribution in [0, 0.1) is 5.92 Å². The van der Waals surface area contributed by atoms with Gasteiger partial charge < -0.3 is 15.6 Å². The van der Waals surface area contributed by atoms with Crippen molar-refractivity contribution < 1.29 is 0 Å². The van der Waals surface area contributed by atoms with Gasteiger partial charge in [-0.3, -0.25) is 0 Å². The molecule has 0 amide bonds. The average Bonchev–Trinajstić information content (AvgIpc) is 2.84. The van der Waals surface area contributed by atoms with Crippen LogP contribution in [0.2, 0.25) is 0 Å². The van der Waals surface area contributed by atoms with Crippen LogP contribution in [-0.2, 0) is 0 Å². The van der Waals surface area contributed by atoms with Crippen LogP contribution in [0.25, 0.3) is 0 Å². The van der Waals surface area contributed by atoms with Crippen molar-refractivity contribution in [2.45, 2.75) is 12.5 Å². The molecule has 2 unspecified atom stereocenters. The van der Waals surface area contributed by atoms with Crippen LogP contribution in [0.3, 0.4) is 0 Å². The third kappa shape index (κ3) is 2.32. The molecule has 2 aliphatic heterocycles. The first-order valence-electron chi connectivity index (χ1n) is 4.98. The number of aromatic nitrogens is 1. The van der Waals surface area contributed by atoms with Gasteiger partial charge in [0.25, 0.3) is 0 Å². The van der Waals surface area contributed by atoms with Crippen molar-refractivity contribution in [3.05, 3.63) is 24.5 Å². The third-order valence-electron chi connectivity index (χ3n) is 2.76. The van der Waals surface area contributed by atoms with E-state index in [9.17, 15) is 0 Å². The van der Waals surface area contributed by atoms with Crippen molar-refractivity contribution in [3.8, 4) is 0 Å². The Morgan fingerprint density at radius 1 is 1.08 bits per heavy atom. The molecule has 2 atom stereocenters. The van der Waals surface area contributed by atoms with Gasteiger partial charge in [0.1, 0.15) is 0 Å². The van der Waals surface area contributed by atoms with Gasteiger partial charge in [-0.05, 0) is 37.6 Å². The Labute approximate surface area is 78.9 Å². The lowest BCUT2D eigenvalue weighted by Gasteiger charge is -2.03. The molecule has 3 N–H and O–H groups in total. The van der Waals surface area contributed by atoms with Gasteiger partial charge in [-0.2, -0.15) is 0 Å². The number of nitrogens with one attached hydrogen (secondary N) is 3. The minimum atomic E-state index is 0.815. The maximum Gasteiger partial charge on any atom is 0.0233 e. The quantitative estimate of drug-likeness (QED) is 0.545. The van der Waals surface area contributed by atoms with Crippen molar-refractivity contribution >= 4 is 0 Å². The summed E-state index contributed by atoms with van der Waals surface area (Å²) in [6, 6.07) is 4.70. The lowest BCUT2D eigenvalue weighted by Crippen LogP contribution is -2.27. The molecule has 0 aliphatic carbocycles. The largest absolute Gasteiger partial charge is 0.368 e. The van der Waals surface area contributed by atoms with Gasteiger partial charge >= 0.3 is 0 Å². The molecule has 3 heteroatoms. The SMILES string of the molecule is C1CC2CNCC2N1.c1cc[nH]c1. The van der Waals surface area contributed by atoms with E-state index in [4.69, 9.17) is 0 Å². The highest BCUT2D eigenvalue weighted by molar-refractivity contribution is 4.91. The molecule has 0 bridgehead atoms. The van der Waals surface area contributed by atoms with Crippen molar-refractivity contribution in [1.29, 1.82) is 0 Å². The normalized spacial score (nSPS) is 30.8. The molecule has 2 saturated heterocycles. The summed E-state index contributed by atoms with van der Waals surface area (Å²) in [5.74, 6) is 0.954. The van der Waals surface area contributed by atoms with Crippen LogP contribution in [0.5, 0.6) is 0 Å². The minimum absolute atomic E-state index is 0.815. The smallest absolute Gasteiger partial charge is 0.0233 e. The highest BCUT2D eigenvalue weighted by Gasteiger charge is 2.30. The van der Waals surface area contributed by atoms with E-state index in [1.54, 1.807) is 0 Å². The Kier molecular flexibility index (Phi) is 3.00. The van der Waals surface area contributed by atoms with Gasteiger partial charge in [0.05, 0.1) is 0 Å². The maximum atomic E-state index is 3.46. The second-order valence-corrected chi connectivity index (χ2v) is 3.65. The van der Waals surface area contributed by atoms with E-state index < -0.39 is 0 Å². The Morgan fingerprint density at radius 2 is 1.92 bits per heavy atom. The molecule has 72 valence electrons. The second-order valence-electron chi connectivity index (χ2n) is 3.65. The number of aromatic amines is 1. The van der Waals surface area contributed by atoms with Crippen LogP contribution in [-0.4, -0.2) is 30.7 Å². The van der Waals surface area contributed by atoms with E-state index in [1.165, 1.54) is 26.1 Å². The zero-order valence-corrected chi connectivity index (χ0v) is 7.79. The summed E-state index contributed by atoms with van der Waals surface area (Å²) in [7, 11) is 0. The van der Waals surface area contributed by atoms with Crippen molar-refractivity contribution in [1.82, 2.24) is 15.6 Å². The Balaban J connectivity index is 0.000000113. The van der Waals surface area contributed by atoms with Crippen LogP contribution >= 0.6 is 0 Å². The standard InChI is InChI=1S/C6H12N2.C4H5N/c1-2-8-6-4-7-3-5(1)6;1-2-4-5-3-1/h5-8H,1-4H2;1-5H. The fraction of sp³-hybridized carbons (Fsp3) is 0.600. The average molecular weight is 179 g/mol. The van der Waals surface area contributed by atoms with Crippen molar-refractivity contribution in [3.63, 3.8) is 0 Å². The highest BCUT2D eigenvalue weighted by Crippen LogP contribution is 2.17. The monoisotopic (exact) mass is 179 g/mol. The molecule has 3 heterocycles. The molecule has 1 aromatic heterocycles. The van der Waals surface area contributed by atoms with E-state index in [1.807, 2.05) is 24.5 Å². The van der Waals surface area contributed by atoms with E-state index in [2.05, 4.69) is 15.6 Å². The fourth-order valence-corrected chi connectivity index (χ4v) is 2.01. The van der Waals surface area contributed by atoms with Gasteiger partial charge in [-0.15, -0.1) is 0 Å². The first-order chi connectivity index (χ1) is 6.47. The number of hydrogen-bond acceptors (Lipinski definition) is 2. The lowest BCUT2D eigenvalue weighted by atomic mass is 10.1. The molecule has 13 heavy (non-hydrogen) atoms. The first-order valence-corrected chi connectivity index (χ1v) is 4.98. The predicted octanol–water partition coefficient (Wildman–Crippen LogP) is 0.582. The predicted molar refractivity (Wildman–Crippen MR) is 53.6 cm³/mol. The molecule has 1 aromatic rings. The highest BCUT2D eigenvalue weighted by atomic mass is 15.1. The van der Waals surface area contributed by atoms with Crippen LogP contribution in [0.4, 0.5) is 0 Å². The molecular weight excluding hydrogens is 162 g/mol. The number of H-pyrrole nitrogens is 1. The Bertz CT molecular complexity index is 183. The Hall–Kier alpha value is -0.800. The molecule has 0 spiro atoms. The molecule has 2 aliphatic rings. The van der Waals surface area contributed by atoms with Crippen LogP contribution < -0.4 is 10.6 Å². The third-order valence-corrected chi connectivity index (χ3v) is 2.76. The second kappa shape index (κ2) is 4.44. The van der Waals surface area contributed by atoms with E-state index in [0.717, 1.165) is 12.0 Å². The van der Waals surface area contributed by atoms with Crippen LogP contribution in [0.15, 0.2) is 24.5 Å². The molecule has 0 radical (unpaired) electrons. The van der Waals surface area contributed by atoms with Crippen LogP contribution in [0.1, 0.15) is 6.42 Å². The summed E-state index contributed by atoms with van der Waals surface area (Å²) in [5.41, 5.74) is 0. The maximum absolute atomic E-state index is 3.46. The molecule has 2 fully saturated rings. The van der Waals surface area contributed by atoms with E-state index >= 15 is 0 Å². The van der Waals surface area contributed by atoms with Gasteiger partial charge in [-0.1, -0.05) is 0 Å². The van der Waals surface area contributed by atoms with Gasteiger partial charge in [0.2, 0.25) is 0 Å². The summed E-state index contributed by atoms with van der Waals surface area (Å²) < 4.78 is 0.